The third kappa shape index (κ3) is 5.29. The summed E-state index contributed by atoms with van der Waals surface area (Å²) in [5, 5.41) is 20.2. The highest BCUT2D eigenvalue weighted by molar-refractivity contribution is 7.52. The van der Waals surface area contributed by atoms with E-state index in [-0.39, 0.29) is 25.1 Å². The Labute approximate surface area is 179 Å². The lowest BCUT2D eigenvalue weighted by molar-refractivity contribution is -0.402. The topological polar surface area (TPSA) is 128 Å². The largest absolute Gasteiger partial charge is 0.454 e. The number of aliphatic hydroxyl groups excluding tert-OH is 1. The van der Waals surface area contributed by atoms with Crippen molar-refractivity contribution in [3.05, 3.63) is 69.5 Å². The van der Waals surface area contributed by atoms with E-state index in [1.807, 2.05) is 42.2 Å². The molecule has 2 aromatic rings. The van der Waals surface area contributed by atoms with Gasteiger partial charge < -0.3 is 14.4 Å². The van der Waals surface area contributed by atoms with Crippen LogP contribution in [0.15, 0.2) is 51.7 Å². The van der Waals surface area contributed by atoms with Gasteiger partial charge in [-0.1, -0.05) is 30.3 Å². The first-order valence-electron chi connectivity index (χ1n) is 9.49. The summed E-state index contributed by atoms with van der Waals surface area (Å²) in [5.74, 6) is 0.472. The minimum absolute atomic E-state index is 0.0453. The maximum Gasteiger partial charge on any atom is 0.454 e. The maximum atomic E-state index is 12.7. The summed E-state index contributed by atoms with van der Waals surface area (Å²) >= 11 is 0. The van der Waals surface area contributed by atoms with Gasteiger partial charge in [0.15, 0.2) is 0 Å². The minimum atomic E-state index is -3.71. The van der Waals surface area contributed by atoms with Gasteiger partial charge >= 0.3 is 13.6 Å². The molecule has 11 heteroatoms. The molecule has 0 aliphatic carbocycles. The summed E-state index contributed by atoms with van der Waals surface area (Å²) in [6.07, 6.45) is 2.37. The molecule has 166 valence electrons. The Morgan fingerprint density at radius 3 is 2.48 bits per heavy atom. The summed E-state index contributed by atoms with van der Waals surface area (Å²) in [6, 6.07) is 10.1. The van der Waals surface area contributed by atoms with Crippen LogP contribution < -0.4 is 0 Å². The minimum Gasteiger partial charge on any atom is -0.404 e. The molecule has 1 aliphatic heterocycles. The van der Waals surface area contributed by atoms with Crippen molar-refractivity contribution in [3.63, 3.8) is 0 Å². The van der Waals surface area contributed by atoms with Gasteiger partial charge in [0.05, 0.1) is 19.2 Å². The monoisotopic (exact) mass is 449 g/mol. The molecule has 1 unspecified atom stereocenters. The van der Waals surface area contributed by atoms with Gasteiger partial charge in [0.2, 0.25) is 0 Å². The SMILES string of the molecule is COP(=O)(/N=C1/CC(c2ccc(CO)cc2)=CC(C)N1Cc1ccc([N+](=O)[O-])o1)OC. The van der Waals surface area contributed by atoms with E-state index < -0.39 is 12.7 Å². The number of hydrogen-bond donors (Lipinski definition) is 1. The maximum absolute atomic E-state index is 12.7. The molecule has 0 saturated heterocycles. The molecule has 31 heavy (non-hydrogen) atoms. The molecule has 10 nitrogen and oxygen atoms in total. The van der Waals surface area contributed by atoms with Crippen LogP contribution in [-0.2, 0) is 26.8 Å². The molecule has 3 rings (SSSR count). The summed E-state index contributed by atoms with van der Waals surface area (Å²) in [4.78, 5) is 12.2. The van der Waals surface area contributed by atoms with Crippen LogP contribution in [0.3, 0.4) is 0 Å². The van der Waals surface area contributed by atoms with Crippen LogP contribution in [0.4, 0.5) is 5.88 Å². The lowest BCUT2D eigenvalue weighted by Crippen LogP contribution is -2.40. The predicted molar refractivity (Wildman–Crippen MR) is 114 cm³/mol. The van der Waals surface area contributed by atoms with E-state index in [1.54, 1.807) is 0 Å². The molecule has 0 amide bonds. The standard InChI is InChI=1S/C20H24N3O7P/c1-14-10-17(16-6-4-15(13-24)5-7-16)11-19(21-31(27,28-2)29-3)22(14)12-18-8-9-20(30-18)23(25)26/h4-10,14,24H,11-13H2,1-3H3/b21-19-. The van der Waals surface area contributed by atoms with Gasteiger partial charge in [-0.05, 0) is 29.7 Å². The Morgan fingerprint density at radius 2 is 1.94 bits per heavy atom. The highest BCUT2D eigenvalue weighted by Crippen LogP contribution is 2.49. The molecular formula is C20H24N3O7P. The van der Waals surface area contributed by atoms with Gasteiger partial charge in [0.1, 0.15) is 16.5 Å². The van der Waals surface area contributed by atoms with Gasteiger partial charge in [0, 0.05) is 26.7 Å². The van der Waals surface area contributed by atoms with Crippen LogP contribution in [0.5, 0.6) is 0 Å². The lowest BCUT2D eigenvalue weighted by Gasteiger charge is -2.35. The number of rotatable bonds is 8. The fourth-order valence-corrected chi connectivity index (χ4v) is 4.09. The van der Waals surface area contributed by atoms with Crippen LogP contribution in [0.25, 0.3) is 5.57 Å². The molecule has 0 saturated carbocycles. The van der Waals surface area contributed by atoms with Crippen LogP contribution in [0, 0.1) is 10.1 Å². The van der Waals surface area contributed by atoms with Crippen LogP contribution in [0.2, 0.25) is 0 Å². The quantitative estimate of drug-likeness (QED) is 0.362. The van der Waals surface area contributed by atoms with Crippen LogP contribution in [-0.4, -0.2) is 41.0 Å². The first-order chi connectivity index (χ1) is 14.8. The van der Waals surface area contributed by atoms with E-state index in [0.29, 0.717) is 18.0 Å². The summed E-state index contributed by atoms with van der Waals surface area (Å²) < 4.78 is 32.3. The molecule has 0 bridgehead atoms. The average molecular weight is 449 g/mol. The van der Waals surface area contributed by atoms with Gasteiger partial charge in [-0.3, -0.25) is 19.2 Å². The summed E-state index contributed by atoms with van der Waals surface area (Å²) in [5.41, 5.74) is 2.69. The van der Waals surface area contributed by atoms with Crippen molar-refractivity contribution in [3.8, 4) is 0 Å². The highest BCUT2D eigenvalue weighted by atomic mass is 31.2. The Kier molecular flexibility index (Phi) is 7.07. The number of nitrogens with zero attached hydrogens (tertiary/aromatic N) is 3. The van der Waals surface area contributed by atoms with E-state index in [1.165, 1.54) is 26.4 Å². The predicted octanol–water partition coefficient (Wildman–Crippen LogP) is 4.16. The third-order valence-corrected chi connectivity index (χ3v) is 6.37. The molecule has 0 spiro atoms. The zero-order valence-electron chi connectivity index (χ0n) is 17.4. The number of hydrogen-bond acceptors (Lipinski definition) is 7. The van der Waals surface area contributed by atoms with Crippen molar-refractivity contribution in [1.29, 1.82) is 0 Å². The highest BCUT2D eigenvalue weighted by Gasteiger charge is 2.30. The molecular weight excluding hydrogens is 425 g/mol. The van der Waals surface area contributed by atoms with Gasteiger partial charge in [-0.25, -0.2) is 4.57 Å². The first-order valence-corrected chi connectivity index (χ1v) is 11.0. The molecule has 1 aliphatic rings. The fourth-order valence-electron chi connectivity index (χ4n) is 3.31. The number of furan rings is 1. The molecule has 0 fully saturated rings. The Hall–Kier alpha value is -2.78. The van der Waals surface area contributed by atoms with Gasteiger partial charge in [-0.2, -0.15) is 4.76 Å². The van der Waals surface area contributed by atoms with Crippen molar-refractivity contribution >= 4 is 25.0 Å². The second kappa shape index (κ2) is 9.57. The van der Waals surface area contributed by atoms with Gasteiger partial charge in [-0.15, -0.1) is 0 Å². The second-order valence-corrected chi connectivity index (χ2v) is 8.81. The van der Waals surface area contributed by atoms with E-state index in [2.05, 4.69) is 4.76 Å². The Bertz CT molecular complexity index is 1040. The Morgan fingerprint density at radius 1 is 1.26 bits per heavy atom. The van der Waals surface area contributed by atoms with Crippen molar-refractivity contribution < 1.29 is 28.1 Å². The summed E-state index contributed by atoms with van der Waals surface area (Å²) in [7, 11) is -1.20. The smallest absolute Gasteiger partial charge is 0.404 e. The number of aliphatic hydroxyl groups is 1. The van der Waals surface area contributed by atoms with Crippen molar-refractivity contribution in [2.45, 2.75) is 32.5 Å². The fraction of sp³-hybridized carbons (Fsp3) is 0.350. The van der Waals surface area contributed by atoms with Crippen LogP contribution in [0.1, 0.15) is 30.2 Å². The average Bonchev–Trinajstić information content (AvgIpc) is 3.25. The molecule has 1 aromatic heterocycles. The molecule has 1 N–H and O–H groups in total. The van der Waals surface area contributed by atoms with E-state index >= 15 is 0 Å². The van der Waals surface area contributed by atoms with Crippen molar-refractivity contribution in [2.24, 2.45) is 4.76 Å². The molecule has 0 radical (unpaired) electrons. The zero-order chi connectivity index (χ0) is 22.6. The van der Waals surface area contributed by atoms with Gasteiger partial charge in [0.25, 0.3) is 0 Å². The second-order valence-electron chi connectivity index (χ2n) is 6.94. The third-order valence-electron chi connectivity index (χ3n) is 4.97. The first kappa shape index (κ1) is 22.9. The van der Waals surface area contributed by atoms with E-state index in [0.717, 1.165) is 16.7 Å². The lowest BCUT2D eigenvalue weighted by atomic mass is 9.94. The zero-order valence-corrected chi connectivity index (χ0v) is 18.3. The normalized spacial score (nSPS) is 18.3. The number of amidine groups is 1. The van der Waals surface area contributed by atoms with E-state index in [4.69, 9.17) is 13.5 Å². The number of nitro groups is 1. The molecule has 1 atom stereocenters. The van der Waals surface area contributed by atoms with Crippen LogP contribution >= 0.6 is 7.75 Å². The molecule has 2 heterocycles. The number of benzene rings is 1. The van der Waals surface area contributed by atoms with E-state index in [9.17, 15) is 19.8 Å². The van der Waals surface area contributed by atoms with Crippen molar-refractivity contribution in [2.75, 3.05) is 14.2 Å². The summed E-state index contributed by atoms with van der Waals surface area (Å²) in [6.45, 7) is 2.07. The Balaban J connectivity index is 1.98. The van der Waals surface area contributed by atoms with Crippen molar-refractivity contribution in [1.82, 2.24) is 4.90 Å². The molecule has 1 aromatic carbocycles.